The highest BCUT2D eigenvalue weighted by molar-refractivity contribution is 5.95. The molecular weight excluding hydrogens is 595 g/mol. The zero-order chi connectivity index (χ0) is 32.9. The molecule has 9 nitrogen and oxygen atoms in total. The van der Waals surface area contributed by atoms with Crippen molar-refractivity contribution in [1.29, 1.82) is 0 Å². The van der Waals surface area contributed by atoms with Crippen LogP contribution in [0, 0.1) is 12.7 Å². The second-order valence-corrected chi connectivity index (χ2v) is 12.9. The summed E-state index contributed by atoms with van der Waals surface area (Å²) in [5.74, 6) is -0.563. The number of carbonyl (C=O) groups excluding carboxylic acids is 1. The van der Waals surface area contributed by atoms with E-state index in [0.29, 0.717) is 42.9 Å². The molecule has 6 aromatic rings. The predicted octanol–water partition coefficient (Wildman–Crippen LogP) is 6.66. The van der Waals surface area contributed by atoms with E-state index >= 15 is 4.39 Å². The van der Waals surface area contributed by atoms with Crippen molar-refractivity contribution in [3.8, 4) is 16.8 Å². The number of imidazole rings is 1. The molecule has 7 rings (SSSR count). The van der Waals surface area contributed by atoms with Crippen LogP contribution in [0.25, 0.3) is 33.2 Å². The number of halogens is 1. The molecule has 238 valence electrons. The van der Waals surface area contributed by atoms with Crippen LogP contribution in [0.1, 0.15) is 42.3 Å². The summed E-state index contributed by atoms with van der Waals surface area (Å²) in [5.41, 5.74) is 6.08. The van der Waals surface area contributed by atoms with Crippen LogP contribution >= 0.6 is 0 Å². The van der Waals surface area contributed by atoms with Crippen molar-refractivity contribution < 1.29 is 13.9 Å². The molecule has 1 N–H and O–H groups in total. The van der Waals surface area contributed by atoms with Gasteiger partial charge in [0.1, 0.15) is 5.82 Å². The summed E-state index contributed by atoms with van der Waals surface area (Å²) in [6.45, 7) is 10.2. The molecule has 0 saturated carbocycles. The minimum atomic E-state index is -0.554. The minimum absolute atomic E-state index is 0.00902. The number of rotatable bonds is 5. The van der Waals surface area contributed by atoms with E-state index in [-0.39, 0.29) is 16.7 Å². The Morgan fingerprint density at radius 3 is 2.53 bits per heavy atom. The number of hydrogen-bond donors (Lipinski definition) is 1. The molecular formula is C37H35FN6O3. The molecule has 1 amide bonds. The van der Waals surface area contributed by atoms with Crippen LogP contribution in [0.2, 0.25) is 0 Å². The first-order chi connectivity index (χ1) is 22.6. The summed E-state index contributed by atoms with van der Waals surface area (Å²) in [4.78, 5) is 32.9. The monoisotopic (exact) mass is 630 g/mol. The Labute approximate surface area is 271 Å². The summed E-state index contributed by atoms with van der Waals surface area (Å²) in [6, 6.07) is 18.4. The summed E-state index contributed by atoms with van der Waals surface area (Å²) < 4.78 is 24.0. The van der Waals surface area contributed by atoms with E-state index < -0.39 is 11.4 Å². The number of carbonyl (C=O) groups is 1. The number of ether oxygens (including phenoxy) is 1. The van der Waals surface area contributed by atoms with Gasteiger partial charge < -0.3 is 19.4 Å². The zero-order valence-electron chi connectivity index (χ0n) is 26.8. The molecule has 0 unspecified atom stereocenters. The first-order valence-corrected chi connectivity index (χ1v) is 15.6. The van der Waals surface area contributed by atoms with Gasteiger partial charge in [-0.25, -0.2) is 9.37 Å². The Balaban J connectivity index is 1.24. The van der Waals surface area contributed by atoms with E-state index in [9.17, 15) is 9.59 Å². The van der Waals surface area contributed by atoms with E-state index in [4.69, 9.17) is 4.74 Å². The Hall–Kier alpha value is -5.35. The highest BCUT2D eigenvalue weighted by atomic mass is 19.1. The number of morpholine rings is 1. The molecule has 1 aliphatic heterocycles. The summed E-state index contributed by atoms with van der Waals surface area (Å²) in [7, 11) is 0. The summed E-state index contributed by atoms with van der Waals surface area (Å²) in [5, 5.41) is 8.44. The Bertz CT molecular complexity index is 2210. The predicted molar refractivity (Wildman–Crippen MR) is 181 cm³/mol. The number of pyridine rings is 1. The van der Waals surface area contributed by atoms with Crippen LogP contribution in [0.3, 0.4) is 0 Å². The number of hydrogen-bond acceptors (Lipinski definition) is 6. The second-order valence-electron chi connectivity index (χ2n) is 12.9. The average molecular weight is 631 g/mol. The first-order valence-electron chi connectivity index (χ1n) is 15.6. The smallest absolute Gasteiger partial charge is 0.282 e. The first kappa shape index (κ1) is 30.3. The highest BCUT2D eigenvalue weighted by Gasteiger charge is 2.21. The third-order valence-electron chi connectivity index (χ3n) is 8.75. The third kappa shape index (κ3) is 5.65. The van der Waals surface area contributed by atoms with Gasteiger partial charge in [-0.3, -0.25) is 9.59 Å². The summed E-state index contributed by atoms with van der Waals surface area (Å²) >= 11 is 0. The van der Waals surface area contributed by atoms with Gasteiger partial charge in [-0.15, -0.1) is 0 Å². The lowest BCUT2D eigenvalue weighted by Gasteiger charge is -2.26. The van der Waals surface area contributed by atoms with E-state index in [1.807, 2.05) is 99.1 Å². The Morgan fingerprint density at radius 2 is 1.79 bits per heavy atom. The van der Waals surface area contributed by atoms with Crippen molar-refractivity contribution in [3.63, 3.8) is 0 Å². The van der Waals surface area contributed by atoms with Crippen LogP contribution < -0.4 is 10.9 Å². The fourth-order valence-corrected chi connectivity index (χ4v) is 6.08. The van der Waals surface area contributed by atoms with Crippen LogP contribution in [0.15, 0.2) is 90.2 Å². The zero-order valence-corrected chi connectivity index (χ0v) is 26.8. The van der Waals surface area contributed by atoms with E-state index in [1.54, 1.807) is 17.3 Å². The number of amides is 1. The molecule has 1 saturated heterocycles. The molecule has 0 atom stereocenters. The molecule has 4 heterocycles. The fraction of sp³-hybridized carbons (Fsp3) is 0.243. The van der Waals surface area contributed by atoms with Crippen molar-refractivity contribution >= 4 is 33.7 Å². The van der Waals surface area contributed by atoms with Crippen LogP contribution in [0.4, 0.5) is 15.8 Å². The summed E-state index contributed by atoms with van der Waals surface area (Å²) in [6.07, 6.45) is 7.14. The van der Waals surface area contributed by atoms with Crippen LogP contribution in [-0.4, -0.2) is 56.3 Å². The molecule has 1 aliphatic rings. The van der Waals surface area contributed by atoms with Gasteiger partial charge in [-0.1, -0.05) is 32.9 Å². The van der Waals surface area contributed by atoms with E-state index in [2.05, 4.69) is 15.4 Å². The van der Waals surface area contributed by atoms with Crippen molar-refractivity contribution in [1.82, 2.24) is 24.1 Å². The number of benzene rings is 3. The van der Waals surface area contributed by atoms with E-state index in [1.165, 1.54) is 10.7 Å². The number of nitrogens with zero attached hydrogens (tertiary/aromatic N) is 5. The maximum atomic E-state index is 15.4. The standard InChI is InChI=1S/C37H35FN6O3/c1-23-29(6-5-7-32(23)44-36(46)33-25(21-40-44)18-27(20-30(33)38)37(2,3)4)26-19-31(34-39-12-13-43(34)22-26)41-28-10-8-24(9-11-28)35(45)42-14-16-47-17-15-42/h5-13,18-22,41H,14-17H2,1-4H3. The van der Waals surface area contributed by atoms with Gasteiger partial charge in [0.25, 0.3) is 11.5 Å². The largest absolute Gasteiger partial charge is 0.378 e. The lowest BCUT2D eigenvalue weighted by molar-refractivity contribution is 0.0303. The lowest BCUT2D eigenvalue weighted by Crippen LogP contribution is -2.40. The van der Waals surface area contributed by atoms with E-state index in [0.717, 1.165) is 39.3 Å². The minimum Gasteiger partial charge on any atom is -0.378 e. The van der Waals surface area contributed by atoms with Crippen molar-refractivity contribution in [3.05, 3.63) is 118 Å². The average Bonchev–Trinajstić information content (AvgIpc) is 3.54. The van der Waals surface area contributed by atoms with Gasteiger partial charge in [-0.05, 0) is 77.6 Å². The maximum absolute atomic E-state index is 15.4. The van der Waals surface area contributed by atoms with Crippen molar-refractivity contribution in [2.24, 2.45) is 0 Å². The molecule has 0 radical (unpaired) electrons. The van der Waals surface area contributed by atoms with Gasteiger partial charge >= 0.3 is 0 Å². The molecule has 1 fully saturated rings. The number of anilines is 2. The molecule has 10 heteroatoms. The molecule has 3 aromatic heterocycles. The van der Waals surface area contributed by atoms with Gasteiger partial charge in [-0.2, -0.15) is 9.78 Å². The number of nitrogens with one attached hydrogen (secondary N) is 1. The molecule has 0 spiro atoms. The van der Waals surface area contributed by atoms with Crippen LogP contribution in [-0.2, 0) is 10.2 Å². The molecule has 0 aliphatic carbocycles. The maximum Gasteiger partial charge on any atom is 0.282 e. The van der Waals surface area contributed by atoms with Gasteiger partial charge in [0.05, 0.1) is 36.2 Å². The SMILES string of the molecule is Cc1c(-c2cc(Nc3ccc(C(=O)N4CCOCC4)cc3)c3nccn3c2)cccc1-n1ncc2cc(C(C)(C)C)cc(F)c2c1=O. The van der Waals surface area contributed by atoms with Gasteiger partial charge in [0, 0.05) is 53.9 Å². The fourth-order valence-electron chi connectivity index (χ4n) is 6.08. The normalized spacial score (nSPS) is 13.8. The number of aromatic nitrogens is 4. The quantitative estimate of drug-likeness (QED) is 0.229. The van der Waals surface area contributed by atoms with Gasteiger partial charge in [0.2, 0.25) is 0 Å². The van der Waals surface area contributed by atoms with Gasteiger partial charge in [0.15, 0.2) is 5.65 Å². The lowest BCUT2D eigenvalue weighted by atomic mass is 9.86. The molecule has 0 bridgehead atoms. The Kier molecular flexibility index (Phi) is 7.60. The molecule has 47 heavy (non-hydrogen) atoms. The third-order valence-corrected chi connectivity index (χ3v) is 8.75. The number of fused-ring (bicyclic) bond motifs is 2. The molecule has 3 aromatic carbocycles. The topological polar surface area (TPSA) is 93.8 Å². The van der Waals surface area contributed by atoms with Crippen LogP contribution in [0.5, 0.6) is 0 Å². The van der Waals surface area contributed by atoms with Crippen molar-refractivity contribution in [2.45, 2.75) is 33.1 Å². The van der Waals surface area contributed by atoms with Crippen molar-refractivity contribution in [2.75, 3.05) is 31.6 Å². The second kappa shape index (κ2) is 11.8. The highest BCUT2D eigenvalue weighted by Crippen LogP contribution is 2.33. The Morgan fingerprint density at radius 1 is 1.02 bits per heavy atom.